The number of sulfonamides is 1. The number of esters is 1. The van der Waals surface area contributed by atoms with Crippen molar-refractivity contribution in [2.45, 2.75) is 17.9 Å². The van der Waals surface area contributed by atoms with Crippen molar-refractivity contribution in [2.75, 3.05) is 14.1 Å². The van der Waals surface area contributed by atoms with Crippen LogP contribution in [0, 0.1) is 0 Å². The van der Waals surface area contributed by atoms with Crippen LogP contribution >= 0.6 is 0 Å². The second-order valence-corrected chi connectivity index (χ2v) is 7.43. The number of carbonyl (C=O) groups is 1. The highest BCUT2D eigenvalue weighted by Crippen LogP contribution is 2.20. The van der Waals surface area contributed by atoms with E-state index in [1.54, 1.807) is 6.92 Å². The standard InChI is InChI=1S/C17H19NO4S/c1-13(14-8-5-4-6-9-14)22-17(19)15-10-7-11-16(12-15)23(20,21)18(2)3/h4-13H,1-3H3/t13-/m1/s1. The molecule has 5 nitrogen and oxygen atoms in total. The summed E-state index contributed by atoms with van der Waals surface area (Å²) in [6.45, 7) is 1.77. The molecule has 0 radical (unpaired) electrons. The van der Waals surface area contributed by atoms with Gasteiger partial charge in [-0.1, -0.05) is 36.4 Å². The molecule has 0 aliphatic carbocycles. The first kappa shape index (κ1) is 17.2. The molecule has 0 fully saturated rings. The first-order valence-corrected chi connectivity index (χ1v) is 8.55. The molecule has 0 aliphatic rings. The highest BCUT2D eigenvalue weighted by atomic mass is 32.2. The first-order valence-electron chi connectivity index (χ1n) is 7.11. The largest absolute Gasteiger partial charge is 0.454 e. The molecule has 0 aliphatic heterocycles. The molecule has 0 saturated carbocycles. The highest BCUT2D eigenvalue weighted by molar-refractivity contribution is 7.89. The lowest BCUT2D eigenvalue weighted by atomic mass is 10.1. The Hall–Kier alpha value is -2.18. The maximum absolute atomic E-state index is 12.2. The van der Waals surface area contributed by atoms with Crippen molar-refractivity contribution in [2.24, 2.45) is 0 Å². The van der Waals surface area contributed by atoms with Gasteiger partial charge in [-0.05, 0) is 30.7 Å². The molecule has 0 saturated heterocycles. The average Bonchev–Trinajstić information content (AvgIpc) is 2.55. The van der Waals surface area contributed by atoms with Crippen LogP contribution in [0.3, 0.4) is 0 Å². The van der Waals surface area contributed by atoms with E-state index in [4.69, 9.17) is 4.74 Å². The van der Waals surface area contributed by atoms with E-state index in [0.717, 1.165) is 9.87 Å². The quantitative estimate of drug-likeness (QED) is 0.789. The molecule has 6 heteroatoms. The summed E-state index contributed by atoms with van der Waals surface area (Å²) in [5, 5.41) is 0. The molecule has 0 N–H and O–H groups in total. The maximum Gasteiger partial charge on any atom is 0.338 e. The fourth-order valence-electron chi connectivity index (χ4n) is 2.02. The third-order valence-electron chi connectivity index (χ3n) is 3.40. The minimum atomic E-state index is -3.59. The van der Waals surface area contributed by atoms with Crippen LogP contribution in [0.15, 0.2) is 59.5 Å². The van der Waals surface area contributed by atoms with Gasteiger partial charge in [0, 0.05) is 14.1 Å². The van der Waals surface area contributed by atoms with Gasteiger partial charge in [0.05, 0.1) is 10.5 Å². The number of carbonyl (C=O) groups excluding carboxylic acids is 1. The van der Waals surface area contributed by atoms with Crippen LogP contribution in [0.25, 0.3) is 0 Å². The lowest BCUT2D eigenvalue weighted by molar-refractivity contribution is 0.0337. The van der Waals surface area contributed by atoms with Crippen LogP contribution in [-0.2, 0) is 14.8 Å². The summed E-state index contributed by atoms with van der Waals surface area (Å²) in [7, 11) is -0.703. The van der Waals surface area contributed by atoms with Gasteiger partial charge < -0.3 is 4.74 Å². The van der Waals surface area contributed by atoms with Crippen molar-refractivity contribution in [3.8, 4) is 0 Å². The Morgan fingerprint density at radius 3 is 2.30 bits per heavy atom. The van der Waals surface area contributed by atoms with E-state index in [1.807, 2.05) is 30.3 Å². The zero-order valence-corrected chi connectivity index (χ0v) is 14.1. The number of nitrogens with zero attached hydrogens (tertiary/aromatic N) is 1. The molecule has 0 heterocycles. The topological polar surface area (TPSA) is 63.7 Å². The molecule has 0 bridgehead atoms. The number of ether oxygens (including phenoxy) is 1. The monoisotopic (exact) mass is 333 g/mol. The predicted molar refractivity (Wildman–Crippen MR) is 87.6 cm³/mol. The SMILES string of the molecule is C[C@@H](OC(=O)c1cccc(S(=O)(=O)N(C)C)c1)c1ccccc1. The Bertz CT molecular complexity index is 785. The number of rotatable bonds is 5. The zero-order valence-electron chi connectivity index (χ0n) is 13.3. The van der Waals surface area contributed by atoms with Gasteiger partial charge in [-0.15, -0.1) is 0 Å². The van der Waals surface area contributed by atoms with Gasteiger partial charge in [0.15, 0.2) is 0 Å². The minimum Gasteiger partial charge on any atom is -0.454 e. The van der Waals surface area contributed by atoms with Crippen LogP contribution < -0.4 is 0 Å². The fraction of sp³-hybridized carbons (Fsp3) is 0.235. The van der Waals surface area contributed by atoms with E-state index in [-0.39, 0.29) is 10.5 Å². The third kappa shape index (κ3) is 3.97. The maximum atomic E-state index is 12.2. The van der Waals surface area contributed by atoms with E-state index in [2.05, 4.69) is 0 Å². The lowest BCUT2D eigenvalue weighted by Crippen LogP contribution is -2.22. The summed E-state index contributed by atoms with van der Waals surface area (Å²) in [6.07, 6.45) is -0.419. The molecular formula is C17H19NO4S. The Morgan fingerprint density at radius 2 is 1.70 bits per heavy atom. The number of benzene rings is 2. The molecule has 122 valence electrons. The Kier molecular flexibility index (Phi) is 5.18. The summed E-state index contributed by atoms with van der Waals surface area (Å²) in [5.74, 6) is -0.558. The van der Waals surface area contributed by atoms with Crippen LogP contribution in [0.2, 0.25) is 0 Å². The van der Waals surface area contributed by atoms with Crippen molar-refractivity contribution < 1.29 is 17.9 Å². The summed E-state index contributed by atoms with van der Waals surface area (Å²) in [6, 6.07) is 15.2. The minimum absolute atomic E-state index is 0.0596. The Morgan fingerprint density at radius 1 is 1.04 bits per heavy atom. The predicted octanol–water partition coefficient (Wildman–Crippen LogP) is 2.85. The van der Waals surface area contributed by atoms with Gasteiger partial charge in [-0.25, -0.2) is 17.5 Å². The lowest BCUT2D eigenvalue weighted by Gasteiger charge is -2.15. The Labute approximate surface area is 136 Å². The van der Waals surface area contributed by atoms with Crippen molar-refractivity contribution in [1.29, 1.82) is 0 Å². The van der Waals surface area contributed by atoms with Crippen LogP contribution in [-0.4, -0.2) is 32.8 Å². The second kappa shape index (κ2) is 6.93. The molecule has 2 rings (SSSR count). The van der Waals surface area contributed by atoms with E-state index in [1.165, 1.54) is 38.4 Å². The van der Waals surface area contributed by atoms with Crippen molar-refractivity contribution >= 4 is 16.0 Å². The summed E-state index contributed by atoms with van der Waals surface area (Å²) >= 11 is 0. The van der Waals surface area contributed by atoms with Crippen molar-refractivity contribution in [3.63, 3.8) is 0 Å². The molecule has 0 aromatic heterocycles. The molecule has 0 spiro atoms. The molecule has 2 aromatic carbocycles. The summed E-state index contributed by atoms with van der Waals surface area (Å²) in [4.78, 5) is 12.3. The van der Waals surface area contributed by atoms with E-state index in [9.17, 15) is 13.2 Å². The molecule has 2 aromatic rings. The van der Waals surface area contributed by atoms with Gasteiger partial charge in [-0.2, -0.15) is 0 Å². The van der Waals surface area contributed by atoms with Gasteiger partial charge in [0.1, 0.15) is 6.10 Å². The number of hydrogen-bond acceptors (Lipinski definition) is 4. The van der Waals surface area contributed by atoms with Crippen molar-refractivity contribution in [3.05, 3.63) is 65.7 Å². The molecular weight excluding hydrogens is 314 g/mol. The zero-order chi connectivity index (χ0) is 17.0. The molecule has 1 atom stereocenters. The fourth-order valence-corrected chi connectivity index (χ4v) is 2.96. The second-order valence-electron chi connectivity index (χ2n) is 5.27. The molecule has 0 amide bonds. The first-order chi connectivity index (χ1) is 10.8. The number of hydrogen-bond donors (Lipinski definition) is 0. The normalized spacial score (nSPS) is 12.9. The third-order valence-corrected chi connectivity index (χ3v) is 5.21. The van der Waals surface area contributed by atoms with Crippen molar-refractivity contribution in [1.82, 2.24) is 4.31 Å². The van der Waals surface area contributed by atoms with Gasteiger partial charge in [0.25, 0.3) is 0 Å². The van der Waals surface area contributed by atoms with Crippen LogP contribution in [0.5, 0.6) is 0 Å². The van der Waals surface area contributed by atoms with Crippen LogP contribution in [0.4, 0.5) is 0 Å². The van der Waals surface area contributed by atoms with E-state index in [0.29, 0.717) is 0 Å². The van der Waals surface area contributed by atoms with E-state index >= 15 is 0 Å². The van der Waals surface area contributed by atoms with E-state index < -0.39 is 22.1 Å². The van der Waals surface area contributed by atoms with Gasteiger partial charge in [-0.3, -0.25) is 0 Å². The summed E-state index contributed by atoms with van der Waals surface area (Å²) in [5.41, 5.74) is 1.08. The molecule has 23 heavy (non-hydrogen) atoms. The van der Waals surface area contributed by atoms with Gasteiger partial charge in [0.2, 0.25) is 10.0 Å². The smallest absolute Gasteiger partial charge is 0.338 e. The average molecular weight is 333 g/mol. The Balaban J connectivity index is 2.21. The highest BCUT2D eigenvalue weighted by Gasteiger charge is 2.20. The molecule has 0 unspecified atom stereocenters. The van der Waals surface area contributed by atoms with Crippen LogP contribution in [0.1, 0.15) is 28.9 Å². The van der Waals surface area contributed by atoms with Gasteiger partial charge >= 0.3 is 5.97 Å². The summed E-state index contributed by atoms with van der Waals surface area (Å²) < 4.78 is 30.8.